The molecule has 1 heteroatoms. The van der Waals surface area contributed by atoms with Crippen molar-refractivity contribution in [2.24, 2.45) is 17.8 Å². The molecule has 1 saturated carbocycles. The smallest absolute Gasteiger partial charge is 0.0652 e. The van der Waals surface area contributed by atoms with E-state index in [1.165, 1.54) is 19.3 Å². The second-order valence-electron chi connectivity index (χ2n) is 6.40. The summed E-state index contributed by atoms with van der Waals surface area (Å²) in [4.78, 5) is 0. The van der Waals surface area contributed by atoms with Crippen molar-refractivity contribution in [1.29, 1.82) is 0 Å². The lowest BCUT2D eigenvalue weighted by Gasteiger charge is -2.31. The second kappa shape index (κ2) is 5.34. The Hall–Kier alpha value is -0.0400. The first-order valence-electron chi connectivity index (χ1n) is 6.63. The number of hydrogen-bond donors (Lipinski definition) is 1. The van der Waals surface area contributed by atoms with Crippen LogP contribution in [0.15, 0.2) is 0 Å². The van der Waals surface area contributed by atoms with Gasteiger partial charge in [-0.15, -0.1) is 0 Å². The van der Waals surface area contributed by atoms with Gasteiger partial charge in [-0.25, -0.2) is 0 Å². The highest BCUT2D eigenvalue weighted by atomic mass is 16.3. The maximum atomic E-state index is 10.6. The molecule has 1 N–H and O–H groups in total. The predicted octanol–water partition coefficient (Wildman–Crippen LogP) is 4.00. The Bertz CT molecular complexity index is 170. The fourth-order valence-electron chi connectivity index (χ4n) is 2.69. The van der Waals surface area contributed by atoms with E-state index in [-0.39, 0.29) is 5.60 Å². The summed E-state index contributed by atoms with van der Waals surface area (Å²) < 4.78 is 0. The van der Waals surface area contributed by atoms with Crippen molar-refractivity contribution in [3.8, 4) is 0 Å². The molecule has 1 fully saturated rings. The van der Waals surface area contributed by atoms with Crippen LogP contribution in [0.5, 0.6) is 0 Å². The molecule has 0 radical (unpaired) electrons. The average molecular weight is 212 g/mol. The van der Waals surface area contributed by atoms with E-state index in [1.807, 2.05) is 0 Å². The SMILES string of the molecule is CC(C)CC(O)(CCC1CC1)CC(C)C. The molecule has 0 aromatic rings. The maximum absolute atomic E-state index is 10.6. The summed E-state index contributed by atoms with van der Waals surface area (Å²) in [6.07, 6.45) is 7.01. The normalized spacial score (nSPS) is 17.8. The Morgan fingerprint density at radius 3 is 1.87 bits per heavy atom. The summed E-state index contributed by atoms with van der Waals surface area (Å²) in [6, 6.07) is 0. The first kappa shape index (κ1) is 13.0. The minimum Gasteiger partial charge on any atom is -0.390 e. The molecule has 0 saturated heterocycles. The van der Waals surface area contributed by atoms with Gasteiger partial charge in [-0.05, 0) is 43.4 Å². The van der Waals surface area contributed by atoms with Crippen LogP contribution in [0.25, 0.3) is 0 Å². The molecule has 0 aliphatic heterocycles. The Morgan fingerprint density at radius 2 is 1.53 bits per heavy atom. The van der Waals surface area contributed by atoms with Crippen LogP contribution < -0.4 is 0 Å². The molecule has 0 unspecified atom stereocenters. The van der Waals surface area contributed by atoms with Crippen LogP contribution in [0.2, 0.25) is 0 Å². The Balaban J connectivity index is 2.40. The molecule has 1 nitrogen and oxygen atoms in total. The molecule has 1 aliphatic carbocycles. The van der Waals surface area contributed by atoms with Crippen molar-refractivity contribution in [2.75, 3.05) is 0 Å². The molecule has 1 rings (SSSR count). The summed E-state index contributed by atoms with van der Waals surface area (Å²) >= 11 is 0. The minimum atomic E-state index is -0.384. The van der Waals surface area contributed by atoms with Gasteiger partial charge in [0.05, 0.1) is 5.60 Å². The van der Waals surface area contributed by atoms with Gasteiger partial charge in [-0.2, -0.15) is 0 Å². The topological polar surface area (TPSA) is 20.2 Å². The van der Waals surface area contributed by atoms with Gasteiger partial charge in [0.2, 0.25) is 0 Å². The fourth-order valence-corrected chi connectivity index (χ4v) is 2.69. The molecular formula is C14H28O. The highest BCUT2D eigenvalue weighted by Gasteiger charge is 2.31. The van der Waals surface area contributed by atoms with E-state index in [2.05, 4.69) is 27.7 Å². The molecule has 0 aromatic carbocycles. The van der Waals surface area contributed by atoms with Gasteiger partial charge in [-0.3, -0.25) is 0 Å². The van der Waals surface area contributed by atoms with Crippen LogP contribution in [0, 0.1) is 17.8 Å². The minimum absolute atomic E-state index is 0.384. The van der Waals surface area contributed by atoms with E-state index >= 15 is 0 Å². The average Bonchev–Trinajstić information content (AvgIpc) is 2.79. The Morgan fingerprint density at radius 1 is 1.07 bits per heavy atom. The lowest BCUT2D eigenvalue weighted by atomic mass is 9.81. The summed E-state index contributed by atoms with van der Waals surface area (Å²) in [7, 11) is 0. The first-order chi connectivity index (χ1) is 6.91. The standard InChI is InChI=1S/C14H28O/c1-11(2)9-14(15,10-12(3)4)8-7-13-5-6-13/h11-13,15H,5-10H2,1-4H3. The van der Waals surface area contributed by atoms with Crippen LogP contribution in [-0.4, -0.2) is 10.7 Å². The highest BCUT2D eigenvalue weighted by Crippen LogP contribution is 2.38. The molecule has 0 aromatic heterocycles. The molecule has 15 heavy (non-hydrogen) atoms. The molecule has 0 bridgehead atoms. The van der Waals surface area contributed by atoms with Crippen molar-refractivity contribution in [1.82, 2.24) is 0 Å². The molecule has 0 heterocycles. The zero-order valence-electron chi connectivity index (χ0n) is 10.9. The second-order valence-corrected chi connectivity index (χ2v) is 6.40. The zero-order chi connectivity index (χ0) is 11.5. The van der Waals surface area contributed by atoms with Crippen LogP contribution in [0.4, 0.5) is 0 Å². The summed E-state index contributed by atoms with van der Waals surface area (Å²) in [5.74, 6) is 2.15. The molecule has 90 valence electrons. The van der Waals surface area contributed by atoms with E-state index in [0.29, 0.717) is 11.8 Å². The number of aliphatic hydroxyl groups is 1. The third kappa shape index (κ3) is 5.55. The van der Waals surface area contributed by atoms with Crippen LogP contribution in [0.1, 0.15) is 66.2 Å². The van der Waals surface area contributed by atoms with Crippen LogP contribution in [0.3, 0.4) is 0 Å². The van der Waals surface area contributed by atoms with Crippen molar-refractivity contribution in [2.45, 2.75) is 71.8 Å². The lowest BCUT2D eigenvalue weighted by molar-refractivity contribution is -0.0101. The maximum Gasteiger partial charge on any atom is 0.0652 e. The van der Waals surface area contributed by atoms with Crippen molar-refractivity contribution in [3.63, 3.8) is 0 Å². The van der Waals surface area contributed by atoms with Crippen molar-refractivity contribution in [3.05, 3.63) is 0 Å². The highest BCUT2D eigenvalue weighted by molar-refractivity contribution is 4.84. The first-order valence-corrected chi connectivity index (χ1v) is 6.63. The van der Waals surface area contributed by atoms with E-state index in [1.54, 1.807) is 0 Å². The van der Waals surface area contributed by atoms with Gasteiger partial charge in [0, 0.05) is 0 Å². The monoisotopic (exact) mass is 212 g/mol. The van der Waals surface area contributed by atoms with Crippen molar-refractivity contribution < 1.29 is 5.11 Å². The summed E-state index contributed by atoms with van der Waals surface area (Å²) in [5, 5.41) is 10.6. The third-order valence-corrected chi connectivity index (χ3v) is 3.29. The molecule has 1 aliphatic rings. The third-order valence-electron chi connectivity index (χ3n) is 3.29. The van der Waals surface area contributed by atoms with Gasteiger partial charge in [0.15, 0.2) is 0 Å². The largest absolute Gasteiger partial charge is 0.390 e. The summed E-state index contributed by atoms with van der Waals surface area (Å²) in [5.41, 5.74) is -0.384. The molecule has 0 spiro atoms. The quantitative estimate of drug-likeness (QED) is 0.676. The fraction of sp³-hybridized carbons (Fsp3) is 1.00. The number of hydrogen-bond acceptors (Lipinski definition) is 1. The van der Waals surface area contributed by atoms with E-state index < -0.39 is 0 Å². The van der Waals surface area contributed by atoms with Gasteiger partial charge in [0.1, 0.15) is 0 Å². The summed E-state index contributed by atoms with van der Waals surface area (Å²) in [6.45, 7) is 8.84. The lowest BCUT2D eigenvalue weighted by Crippen LogP contribution is -2.32. The van der Waals surface area contributed by atoms with Crippen LogP contribution >= 0.6 is 0 Å². The van der Waals surface area contributed by atoms with Crippen molar-refractivity contribution >= 4 is 0 Å². The molecule has 0 amide bonds. The van der Waals surface area contributed by atoms with Gasteiger partial charge < -0.3 is 5.11 Å². The predicted molar refractivity (Wildman–Crippen MR) is 65.8 cm³/mol. The van der Waals surface area contributed by atoms with E-state index in [9.17, 15) is 5.11 Å². The van der Waals surface area contributed by atoms with E-state index in [0.717, 1.165) is 25.2 Å². The van der Waals surface area contributed by atoms with Gasteiger partial charge >= 0.3 is 0 Å². The number of rotatable bonds is 7. The van der Waals surface area contributed by atoms with Gasteiger partial charge in [-0.1, -0.05) is 40.5 Å². The Labute approximate surface area is 95.3 Å². The zero-order valence-corrected chi connectivity index (χ0v) is 10.9. The molecular weight excluding hydrogens is 184 g/mol. The molecule has 0 atom stereocenters. The van der Waals surface area contributed by atoms with E-state index in [4.69, 9.17) is 0 Å². The van der Waals surface area contributed by atoms with Crippen LogP contribution in [-0.2, 0) is 0 Å². The Kier molecular flexibility index (Phi) is 4.64. The van der Waals surface area contributed by atoms with Gasteiger partial charge in [0.25, 0.3) is 0 Å².